The van der Waals surface area contributed by atoms with Gasteiger partial charge in [0.25, 0.3) is 5.91 Å². The van der Waals surface area contributed by atoms with Crippen molar-refractivity contribution >= 4 is 50.7 Å². The first-order valence-corrected chi connectivity index (χ1v) is 9.24. The van der Waals surface area contributed by atoms with Gasteiger partial charge in [-0.25, -0.2) is 0 Å². The van der Waals surface area contributed by atoms with Gasteiger partial charge in [-0.05, 0) is 35.9 Å². The van der Waals surface area contributed by atoms with E-state index in [1.54, 1.807) is 19.2 Å². The molecule has 0 aliphatic heterocycles. The van der Waals surface area contributed by atoms with Gasteiger partial charge in [0.2, 0.25) is 0 Å². The Morgan fingerprint density at radius 2 is 1.88 bits per heavy atom. The van der Waals surface area contributed by atoms with Crippen molar-refractivity contribution in [2.24, 2.45) is 4.99 Å². The summed E-state index contributed by atoms with van der Waals surface area (Å²) in [7, 11) is 1.65. The smallest absolute Gasteiger partial charge is 0.252 e. The number of hydrogen-bond acceptors (Lipinski definition) is 3. The van der Waals surface area contributed by atoms with Gasteiger partial charge in [-0.15, -0.1) is 0 Å². The summed E-state index contributed by atoms with van der Waals surface area (Å²) < 4.78 is 8.15. The van der Waals surface area contributed by atoms with Crippen LogP contribution < -0.4 is 4.80 Å². The predicted molar refractivity (Wildman–Crippen MR) is 102 cm³/mol. The SMILES string of the molecule is COCCn1c(=NC(=O)Cc2ccc(Cl)cc2)sc2cc(Cl)ccc21. The summed E-state index contributed by atoms with van der Waals surface area (Å²) in [6.07, 6.45) is 0.233. The number of thiazole rings is 1. The number of amides is 1. The first-order chi connectivity index (χ1) is 12.1. The van der Waals surface area contributed by atoms with E-state index in [9.17, 15) is 4.79 Å². The van der Waals surface area contributed by atoms with Gasteiger partial charge in [0.1, 0.15) is 0 Å². The van der Waals surface area contributed by atoms with E-state index in [1.807, 2.05) is 34.9 Å². The minimum atomic E-state index is -0.203. The van der Waals surface area contributed by atoms with Crippen LogP contribution in [0.5, 0.6) is 0 Å². The average Bonchev–Trinajstić information content (AvgIpc) is 2.91. The standard InChI is InChI=1S/C18H16Cl2N2O2S/c1-24-9-8-22-15-7-6-14(20)11-16(15)25-18(22)21-17(23)10-12-2-4-13(19)5-3-12/h2-7,11H,8-10H2,1H3. The van der Waals surface area contributed by atoms with Crippen LogP contribution in [0.25, 0.3) is 10.2 Å². The summed E-state index contributed by atoms with van der Waals surface area (Å²) in [5.74, 6) is -0.203. The molecule has 4 nitrogen and oxygen atoms in total. The predicted octanol–water partition coefficient (Wildman–Crippen LogP) is 4.33. The van der Waals surface area contributed by atoms with E-state index < -0.39 is 0 Å². The molecule has 0 N–H and O–H groups in total. The molecule has 0 unspecified atom stereocenters. The van der Waals surface area contributed by atoms with E-state index >= 15 is 0 Å². The highest BCUT2D eigenvalue weighted by atomic mass is 35.5. The Hall–Kier alpha value is -1.66. The molecule has 0 aliphatic carbocycles. The van der Waals surface area contributed by atoms with Crippen LogP contribution in [0.2, 0.25) is 10.0 Å². The second-order valence-electron chi connectivity index (χ2n) is 5.45. The lowest BCUT2D eigenvalue weighted by Gasteiger charge is -2.04. The number of nitrogens with zero attached hydrogens (tertiary/aromatic N) is 2. The lowest BCUT2D eigenvalue weighted by molar-refractivity contribution is -0.117. The molecular formula is C18H16Cl2N2O2S. The van der Waals surface area contributed by atoms with Crippen molar-refractivity contribution in [2.45, 2.75) is 13.0 Å². The van der Waals surface area contributed by atoms with E-state index in [0.29, 0.717) is 28.0 Å². The molecule has 3 aromatic rings. The van der Waals surface area contributed by atoms with E-state index in [0.717, 1.165) is 15.8 Å². The van der Waals surface area contributed by atoms with Crippen molar-refractivity contribution in [1.82, 2.24) is 4.57 Å². The highest BCUT2D eigenvalue weighted by Gasteiger charge is 2.09. The first kappa shape index (κ1) is 18.1. The van der Waals surface area contributed by atoms with E-state index in [-0.39, 0.29) is 12.3 Å². The van der Waals surface area contributed by atoms with Crippen LogP contribution in [0.1, 0.15) is 5.56 Å². The lowest BCUT2D eigenvalue weighted by atomic mass is 10.1. The third-order valence-corrected chi connectivity index (χ3v) is 5.18. The van der Waals surface area contributed by atoms with Crippen molar-refractivity contribution in [3.8, 4) is 0 Å². The molecule has 7 heteroatoms. The molecule has 25 heavy (non-hydrogen) atoms. The Labute approximate surface area is 159 Å². The van der Waals surface area contributed by atoms with Gasteiger partial charge < -0.3 is 9.30 Å². The quantitative estimate of drug-likeness (QED) is 0.646. The lowest BCUT2D eigenvalue weighted by Crippen LogP contribution is -2.19. The van der Waals surface area contributed by atoms with E-state index in [2.05, 4.69) is 4.99 Å². The van der Waals surface area contributed by atoms with E-state index in [1.165, 1.54) is 11.3 Å². The van der Waals surface area contributed by atoms with Crippen molar-refractivity contribution in [1.29, 1.82) is 0 Å². The molecule has 1 amide bonds. The van der Waals surface area contributed by atoms with Gasteiger partial charge in [0, 0.05) is 23.7 Å². The third-order valence-electron chi connectivity index (χ3n) is 3.65. The minimum Gasteiger partial charge on any atom is -0.383 e. The number of fused-ring (bicyclic) bond motifs is 1. The molecule has 0 spiro atoms. The van der Waals surface area contributed by atoms with Crippen LogP contribution in [-0.2, 0) is 22.5 Å². The maximum Gasteiger partial charge on any atom is 0.252 e. The number of carbonyl (C=O) groups is 1. The second-order valence-corrected chi connectivity index (χ2v) is 7.33. The molecule has 2 aromatic carbocycles. The molecule has 0 saturated carbocycles. The molecule has 1 aromatic heterocycles. The second kappa shape index (κ2) is 8.15. The van der Waals surface area contributed by atoms with Crippen molar-refractivity contribution in [2.75, 3.05) is 13.7 Å². The third kappa shape index (κ3) is 4.50. The summed E-state index contributed by atoms with van der Waals surface area (Å²) in [4.78, 5) is 17.3. The fourth-order valence-corrected chi connectivity index (χ4v) is 3.93. The van der Waals surface area contributed by atoms with Crippen LogP contribution in [0.3, 0.4) is 0 Å². The normalized spacial score (nSPS) is 12.0. The number of carbonyl (C=O) groups excluding carboxylic acids is 1. The van der Waals surface area contributed by atoms with Gasteiger partial charge >= 0.3 is 0 Å². The Kier molecular flexibility index (Phi) is 5.91. The largest absolute Gasteiger partial charge is 0.383 e. The zero-order chi connectivity index (χ0) is 17.8. The highest BCUT2D eigenvalue weighted by Crippen LogP contribution is 2.22. The average molecular weight is 395 g/mol. The van der Waals surface area contributed by atoms with Crippen LogP contribution in [0, 0.1) is 0 Å². The molecule has 3 rings (SSSR count). The molecular weight excluding hydrogens is 379 g/mol. The zero-order valence-electron chi connectivity index (χ0n) is 13.5. The maximum absolute atomic E-state index is 12.4. The Balaban J connectivity index is 1.96. The monoisotopic (exact) mass is 394 g/mol. The number of rotatable bonds is 5. The van der Waals surface area contributed by atoms with Crippen molar-refractivity contribution in [3.05, 3.63) is 62.9 Å². The fourth-order valence-electron chi connectivity index (χ4n) is 2.45. The number of ether oxygens (including phenoxy) is 1. The summed E-state index contributed by atoms with van der Waals surface area (Å²) in [5.41, 5.74) is 1.87. The zero-order valence-corrected chi connectivity index (χ0v) is 15.9. The molecule has 0 saturated heterocycles. The van der Waals surface area contributed by atoms with Crippen LogP contribution in [0.4, 0.5) is 0 Å². The number of hydrogen-bond donors (Lipinski definition) is 0. The van der Waals surface area contributed by atoms with Crippen molar-refractivity contribution < 1.29 is 9.53 Å². The van der Waals surface area contributed by atoms with Gasteiger partial charge in [0.15, 0.2) is 4.80 Å². The molecule has 130 valence electrons. The number of benzene rings is 2. The summed E-state index contributed by atoms with van der Waals surface area (Å²) >= 11 is 13.4. The number of aromatic nitrogens is 1. The number of methoxy groups -OCH3 is 1. The molecule has 0 aliphatic rings. The van der Waals surface area contributed by atoms with Crippen LogP contribution >= 0.6 is 34.5 Å². The van der Waals surface area contributed by atoms with Gasteiger partial charge in [-0.1, -0.05) is 46.7 Å². The maximum atomic E-state index is 12.4. The topological polar surface area (TPSA) is 43.6 Å². The Morgan fingerprint density at radius 3 is 2.60 bits per heavy atom. The molecule has 0 fully saturated rings. The van der Waals surface area contributed by atoms with Crippen molar-refractivity contribution in [3.63, 3.8) is 0 Å². The molecule has 0 radical (unpaired) electrons. The Morgan fingerprint density at radius 1 is 1.16 bits per heavy atom. The first-order valence-electron chi connectivity index (χ1n) is 7.66. The summed E-state index contributed by atoms with van der Waals surface area (Å²) in [5, 5.41) is 1.30. The van der Waals surface area contributed by atoms with Gasteiger partial charge in [0.05, 0.1) is 23.2 Å². The molecule has 1 heterocycles. The molecule has 0 bridgehead atoms. The van der Waals surface area contributed by atoms with Gasteiger partial charge in [-0.2, -0.15) is 4.99 Å². The fraction of sp³-hybridized carbons (Fsp3) is 0.222. The summed E-state index contributed by atoms with van der Waals surface area (Å²) in [6.45, 7) is 1.15. The van der Waals surface area contributed by atoms with Crippen LogP contribution in [0.15, 0.2) is 47.5 Å². The highest BCUT2D eigenvalue weighted by molar-refractivity contribution is 7.16. The van der Waals surface area contributed by atoms with Crippen LogP contribution in [-0.4, -0.2) is 24.2 Å². The number of halogens is 2. The molecule has 0 atom stereocenters. The van der Waals surface area contributed by atoms with E-state index in [4.69, 9.17) is 27.9 Å². The Bertz CT molecular complexity index is 961. The van der Waals surface area contributed by atoms with Gasteiger partial charge in [-0.3, -0.25) is 4.79 Å². The minimum absolute atomic E-state index is 0.203. The summed E-state index contributed by atoms with van der Waals surface area (Å²) in [6, 6.07) is 12.9.